The summed E-state index contributed by atoms with van der Waals surface area (Å²) in [6.45, 7) is 1.79. The molecule has 0 fully saturated rings. The van der Waals surface area contributed by atoms with Crippen molar-refractivity contribution in [1.29, 1.82) is 0 Å². The van der Waals surface area contributed by atoms with Crippen molar-refractivity contribution in [1.82, 2.24) is 5.32 Å². The van der Waals surface area contributed by atoms with Crippen LogP contribution in [0.3, 0.4) is 0 Å². The van der Waals surface area contributed by atoms with Gasteiger partial charge in [-0.15, -0.1) is 0 Å². The molecule has 6 heteroatoms. The first-order chi connectivity index (χ1) is 13.1. The number of nitrogens with one attached hydrogen (secondary N) is 1. The fraction of sp³-hybridized carbons (Fsp3) is 0.286. The summed E-state index contributed by atoms with van der Waals surface area (Å²) in [5.74, 6) is -1.21. The van der Waals surface area contributed by atoms with E-state index in [9.17, 15) is 14.4 Å². The predicted octanol–water partition coefficient (Wildman–Crippen LogP) is 3.05. The van der Waals surface area contributed by atoms with E-state index in [2.05, 4.69) is 5.32 Å². The van der Waals surface area contributed by atoms with E-state index in [4.69, 9.17) is 9.47 Å². The van der Waals surface area contributed by atoms with Crippen molar-refractivity contribution >= 4 is 17.8 Å². The third-order valence-corrected chi connectivity index (χ3v) is 3.82. The molecule has 6 nitrogen and oxygen atoms in total. The summed E-state index contributed by atoms with van der Waals surface area (Å²) in [5.41, 5.74) is 1.77. The largest absolute Gasteiger partial charge is 0.464 e. The number of carbonyl (C=O) groups excluding carboxylic acids is 3. The first-order valence-corrected chi connectivity index (χ1v) is 8.80. The number of carbonyl (C=O) groups is 3. The molecule has 1 amide bonds. The molecule has 0 unspecified atom stereocenters. The minimum Gasteiger partial charge on any atom is -0.464 e. The second-order valence-corrected chi connectivity index (χ2v) is 5.84. The molecule has 2 rings (SSSR count). The van der Waals surface area contributed by atoms with Crippen molar-refractivity contribution in [2.24, 2.45) is 0 Å². The number of alkyl carbamates (subject to hydrolysis) is 1. The Labute approximate surface area is 158 Å². The molecule has 0 spiro atoms. The van der Waals surface area contributed by atoms with E-state index in [1.165, 1.54) is 0 Å². The summed E-state index contributed by atoms with van der Waals surface area (Å²) in [4.78, 5) is 36.6. The topological polar surface area (TPSA) is 81.7 Å². The van der Waals surface area contributed by atoms with Gasteiger partial charge in [0.1, 0.15) is 6.61 Å². The van der Waals surface area contributed by atoms with Crippen LogP contribution in [0.4, 0.5) is 4.79 Å². The smallest absolute Gasteiger partial charge is 0.408 e. The maximum absolute atomic E-state index is 12.5. The standard InChI is InChI=1S/C21H23NO5/c1-2-26-20(24)19(18(23)14-13-16-9-5-3-6-10-16)22-21(25)27-15-17-11-7-4-8-12-17/h3-12,19H,2,13-15H2,1H3,(H,22,25)/t19-/m0/s1. The van der Waals surface area contributed by atoms with Crippen LogP contribution in [-0.4, -0.2) is 30.5 Å². The number of Topliss-reactive ketones (excluding diaryl/α,β-unsaturated/α-hetero) is 1. The fourth-order valence-electron chi connectivity index (χ4n) is 2.44. The van der Waals surface area contributed by atoms with E-state index in [1.807, 2.05) is 48.5 Å². The molecule has 0 aliphatic heterocycles. The lowest BCUT2D eigenvalue weighted by Gasteiger charge is -2.16. The molecule has 0 saturated carbocycles. The molecular weight excluding hydrogens is 346 g/mol. The number of esters is 1. The van der Waals surface area contributed by atoms with Crippen molar-refractivity contribution in [3.05, 3.63) is 71.8 Å². The molecule has 2 aromatic carbocycles. The van der Waals surface area contributed by atoms with Gasteiger partial charge < -0.3 is 14.8 Å². The Morgan fingerprint density at radius 2 is 1.48 bits per heavy atom. The van der Waals surface area contributed by atoms with Crippen LogP contribution in [-0.2, 0) is 32.1 Å². The van der Waals surface area contributed by atoms with Crippen molar-refractivity contribution in [3.63, 3.8) is 0 Å². The van der Waals surface area contributed by atoms with Gasteiger partial charge in [0.05, 0.1) is 6.61 Å². The maximum Gasteiger partial charge on any atom is 0.408 e. The Hall–Kier alpha value is -3.15. The number of rotatable bonds is 9. The molecule has 0 aromatic heterocycles. The van der Waals surface area contributed by atoms with E-state index in [0.29, 0.717) is 6.42 Å². The lowest BCUT2D eigenvalue weighted by atomic mass is 10.0. The zero-order valence-corrected chi connectivity index (χ0v) is 15.2. The monoisotopic (exact) mass is 369 g/mol. The average Bonchev–Trinajstić information content (AvgIpc) is 2.70. The summed E-state index contributed by atoms with van der Waals surface area (Å²) in [7, 11) is 0. The highest BCUT2D eigenvalue weighted by Gasteiger charge is 2.29. The summed E-state index contributed by atoms with van der Waals surface area (Å²) in [6.07, 6.45) is -0.270. The van der Waals surface area contributed by atoms with Gasteiger partial charge in [0, 0.05) is 6.42 Å². The lowest BCUT2D eigenvalue weighted by molar-refractivity contribution is -0.148. The van der Waals surface area contributed by atoms with E-state index < -0.39 is 23.9 Å². The fourth-order valence-corrected chi connectivity index (χ4v) is 2.44. The zero-order valence-electron chi connectivity index (χ0n) is 15.2. The second-order valence-electron chi connectivity index (χ2n) is 5.84. The SMILES string of the molecule is CCOC(=O)[C@@H](NC(=O)OCc1ccccc1)C(=O)CCc1ccccc1. The van der Waals surface area contributed by atoms with E-state index in [-0.39, 0.29) is 19.6 Å². The summed E-state index contributed by atoms with van der Waals surface area (Å²) < 4.78 is 10.0. The Bertz CT molecular complexity index is 746. The highest BCUT2D eigenvalue weighted by Crippen LogP contribution is 2.06. The number of ether oxygens (including phenoxy) is 2. The lowest BCUT2D eigenvalue weighted by Crippen LogP contribution is -2.47. The molecule has 1 atom stereocenters. The normalized spacial score (nSPS) is 11.3. The van der Waals surface area contributed by atoms with Crippen LogP contribution in [0, 0.1) is 0 Å². The molecule has 0 aliphatic rings. The van der Waals surface area contributed by atoms with Crippen molar-refractivity contribution < 1.29 is 23.9 Å². The van der Waals surface area contributed by atoms with Crippen LogP contribution in [0.2, 0.25) is 0 Å². The van der Waals surface area contributed by atoms with Gasteiger partial charge in [-0.2, -0.15) is 0 Å². The minimum absolute atomic E-state index is 0.0421. The molecule has 0 aliphatic carbocycles. The van der Waals surface area contributed by atoms with Gasteiger partial charge in [-0.3, -0.25) is 4.79 Å². The van der Waals surface area contributed by atoms with Crippen molar-refractivity contribution in [2.75, 3.05) is 6.61 Å². The van der Waals surface area contributed by atoms with Crippen molar-refractivity contribution in [3.8, 4) is 0 Å². The van der Waals surface area contributed by atoms with Crippen molar-refractivity contribution in [2.45, 2.75) is 32.4 Å². The zero-order chi connectivity index (χ0) is 19.5. The Morgan fingerprint density at radius 1 is 0.889 bits per heavy atom. The quantitative estimate of drug-likeness (QED) is 0.543. The van der Waals surface area contributed by atoms with Gasteiger partial charge in [0.15, 0.2) is 11.8 Å². The second kappa shape index (κ2) is 10.8. The average molecular weight is 369 g/mol. The Balaban J connectivity index is 1.92. The van der Waals surface area contributed by atoms with Gasteiger partial charge in [0.25, 0.3) is 0 Å². The van der Waals surface area contributed by atoms with Gasteiger partial charge in [-0.05, 0) is 24.5 Å². The number of hydrogen-bond acceptors (Lipinski definition) is 5. The van der Waals surface area contributed by atoms with E-state index in [1.54, 1.807) is 19.1 Å². The third-order valence-electron chi connectivity index (χ3n) is 3.82. The summed E-state index contributed by atoms with van der Waals surface area (Å²) in [5, 5.41) is 2.32. The summed E-state index contributed by atoms with van der Waals surface area (Å²) >= 11 is 0. The molecule has 0 bridgehead atoms. The molecule has 27 heavy (non-hydrogen) atoms. The van der Waals surface area contributed by atoms with Crippen LogP contribution >= 0.6 is 0 Å². The molecule has 1 N–H and O–H groups in total. The van der Waals surface area contributed by atoms with Crippen LogP contribution in [0.25, 0.3) is 0 Å². The number of hydrogen-bond donors (Lipinski definition) is 1. The van der Waals surface area contributed by atoms with Crippen LogP contribution < -0.4 is 5.32 Å². The highest BCUT2D eigenvalue weighted by molar-refractivity contribution is 6.05. The molecule has 0 heterocycles. The first kappa shape index (κ1) is 20.2. The number of benzene rings is 2. The minimum atomic E-state index is -1.38. The molecule has 0 radical (unpaired) electrons. The van der Waals surface area contributed by atoms with Gasteiger partial charge in [-0.25, -0.2) is 9.59 Å². The van der Waals surface area contributed by atoms with Crippen LogP contribution in [0.5, 0.6) is 0 Å². The van der Waals surface area contributed by atoms with Gasteiger partial charge >= 0.3 is 12.1 Å². The van der Waals surface area contributed by atoms with E-state index >= 15 is 0 Å². The number of amides is 1. The Morgan fingerprint density at radius 3 is 2.07 bits per heavy atom. The molecule has 2 aromatic rings. The van der Waals surface area contributed by atoms with Crippen LogP contribution in [0.1, 0.15) is 24.5 Å². The number of ketones is 1. The third kappa shape index (κ3) is 6.93. The molecule has 0 saturated heterocycles. The number of aryl methyl sites for hydroxylation is 1. The highest BCUT2D eigenvalue weighted by atomic mass is 16.6. The molecular formula is C21H23NO5. The molecule has 142 valence electrons. The van der Waals surface area contributed by atoms with Gasteiger partial charge in [-0.1, -0.05) is 60.7 Å². The predicted molar refractivity (Wildman–Crippen MR) is 100.0 cm³/mol. The van der Waals surface area contributed by atoms with Gasteiger partial charge in [0.2, 0.25) is 0 Å². The first-order valence-electron chi connectivity index (χ1n) is 8.80. The van der Waals surface area contributed by atoms with Crippen LogP contribution in [0.15, 0.2) is 60.7 Å². The maximum atomic E-state index is 12.5. The summed E-state index contributed by atoms with van der Waals surface area (Å²) in [6, 6.07) is 17.2. The Kier molecular flexibility index (Phi) is 8.03. The van der Waals surface area contributed by atoms with E-state index in [0.717, 1.165) is 11.1 Å².